The highest BCUT2D eigenvalue weighted by molar-refractivity contribution is 5.91. The molecule has 1 atom stereocenters. The van der Waals surface area contributed by atoms with Gasteiger partial charge in [-0.1, -0.05) is 30.3 Å². The lowest BCUT2D eigenvalue weighted by Gasteiger charge is -2.18. The van der Waals surface area contributed by atoms with Gasteiger partial charge in [0, 0.05) is 12.6 Å². The van der Waals surface area contributed by atoms with Crippen LogP contribution in [-0.4, -0.2) is 26.6 Å². The molecule has 0 saturated heterocycles. The smallest absolute Gasteiger partial charge is 0.226 e. The minimum Gasteiger partial charge on any atom is -0.349 e. The largest absolute Gasteiger partial charge is 0.349 e. The van der Waals surface area contributed by atoms with E-state index in [-0.39, 0.29) is 24.3 Å². The molecule has 2 N–H and O–H groups in total. The number of anilines is 1. The molecule has 1 heterocycles. The van der Waals surface area contributed by atoms with Crippen molar-refractivity contribution in [2.24, 2.45) is 0 Å². The Hall–Kier alpha value is -3.48. The van der Waals surface area contributed by atoms with Crippen LogP contribution < -0.4 is 10.6 Å². The second-order valence-electron chi connectivity index (χ2n) is 5.80. The van der Waals surface area contributed by atoms with E-state index in [4.69, 9.17) is 0 Å². The van der Waals surface area contributed by atoms with E-state index in [0.29, 0.717) is 5.69 Å². The summed E-state index contributed by atoms with van der Waals surface area (Å²) in [5, 5.41) is 9.73. The number of carbonyl (C=O) groups is 2. The minimum atomic E-state index is -0.372. The van der Waals surface area contributed by atoms with Crippen molar-refractivity contribution < 1.29 is 9.59 Å². The first-order valence-corrected chi connectivity index (χ1v) is 8.19. The third kappa shape index (κ3) is 4.54. The van der Waals surface area contributed by atoms with Crippen LogP contribution in [0.1, 0.15) is 24.9 Å². The molecule has 0 spiro atoms. The van der Waals surface area contributed by atoms with Crippen molar-refractivity contribution in [3.05, 3.63) is 72.8 Å². The zero-order chi connectivity index (χ0) is 18.4. The molecule has 7 heteroatoms. The van der Waals surface area contributed by atoms with Crippen molar-refractivity contribution in [3.63, 3.8) is 0 Å². The van der Waals surface area contributed by atoms with Crippen LogP contribution in [0, 0.1) is 0 Å². The lowest BCUT2D eigenvalue weighted by Crippen LogP contribution is -2.29. The molecule has 1 unspecified atom stereocenters. The van der Waals surface area contributed by atoms with Gasteiger partial charge in [-0.2, -0.15) is 5.10 Å². The van der Waals surface area contributed by atoms with E-state index < -0.39 is 0 Å². The number of rotatable bonds is 6. The summed E-state index contributed by atoms with van der Waals surface area (Å²) in [5.74, 6) is -0.357. The SMILES string of the molecule is CC(=O)NC(CC(=O)Nc1ccc(-n2cncn2)cc1)c1ccccc1. The zero-order valence-electron chi connectivity index (χ0n) is 14.3. The number of carbonyl (C=O) groups excluding carboxylic acids is 2. The van der Waals surface area contributed by atoms with Crippen LogP contribution in [0.25, 0.3) is 5.69 Å². The van der Waals surface area contributed by atoms with E-state index in [2.05, 4.69) is 20.7 Å². The van der Waals surface area contributed by atoms with Crippen LogP contribution in [-0.2, 0) is 9.59 Å². The molecule has 3 aromatic rings. The number of nitrogens with zero attached hydrogens (tertiary/aromatic N) is 3. The second kappa shape index (κ2) is 8.06. The average Bonchev–Trinajstić information content (AvgIpc) is 3.17. The number of nitrogens with one attached hydrogen (secondary N) is 2. The van der Waals surface area contributed by atoms with Crippen molar-refractivity contribution in [2.75, 3.05) is 5.32 Å². The topological polar surface area (TPSA) is 88.9 Å². The molecule has 132 valence electrons. The van der Waals surface area contributed by atoms with Gasteiger partial charge in [0.05, 0.1) is 18.2 Å². The number of hydrogen-bond acceptors (Lipinski definition) is 4. The fourth-order valence-corrected chi connectivity index (χ4v) is 2.62. The fraction of sp³-hybridized carbons (Fsp3) is 0.158. The third-order valence-electron chi connectivity index (χ3n) is 3.80. The summed E-state index contributed by atoms with van der Waals surface area (Å²) in [6.45, 7) is 1.44. The van der Waals surface area contributed by atoms with Crippen LogP contribution in [0.5, 0.6) is 0 Å². The van der Waals surface area contributed by atoms with Crippen LogP contribution in [0.3, 0.4) is 0 Å². The Bertz CT molecular complexity index is 861. The monoisotopic (exact) mass is 349 g/mol. The van der Waals surface area contributed by atoms with E-state index in [1.165, 1.54) is 13.3 Å². The maximum atomic E-state index is 12.4. The third-order valence-corrected chi connectivity index (χ3v) is 3.80. The Morgan fingerprint density at radius 3 is 2.42 bits per heavy atom. The number of hydrogen-bond donors (Lipinski definition) is 2. The summed E-state index contributed by atoms with van der Waals surface area (Å²) in [7, 11) is 0. The Morgan fingerprint density at radius 1 is 1.08 bits per heavy atom. The first kappa shape index (κ1) is 17.3. The molecule has 0 saturated carbocycles. The molecular formula is C19H19N5O2. The lowest BCUT2D eigenvalue weighted by atomic mass is 10.0. The summed E-state index contributed by atoms with van der Waals surface area (Å²) >= 11 is 0. The lowest BCUT2D eigenvalue weighted by molar-refractivity contribution is -0.120. The quantitative estimate of drug-likeness (QED) is 0.715. The van der Waals surface area contributed by atoms with Crippen molar-refractivity contribution in [1.29, 1.82) is 0 Å². The molecule has 0 aliphatic carbocycles. The van der Waals surface area contributed by atoms with Gasteiger partial charge >= 0.3 is 0 Å². The van der Waals surface area contributed by atoms with Gasteiger partial charge in [0.25, 0.3) is 0 Å². The molecular weight excluding hydrogens is 330 g/mol. The Morgan fingerprint density at radius 2 is 1.81 bits per heavy atom. The number of amides is 2. The van der Waals surface area contributed by atoms with Crippen molar-refractivity contribution >= 4 is 17.5 Å². The minimum absolute atomic E-state index is 0.147. The molecule has 0 aliphatic rings. The number of aromatic nitrogens is 3. The van der Waals surface area contributed by atoms with Crippen molar-refractivity contribution in [3.8, 4) is 5.69 Å². The van der Waals surface area contributed by atoms with Crippen LogP contribution in [0.15, 0.2) is 67.3 Å². The van der Waals surface area contributed by atoms with Crippen LogP contribution in [0.4, 0.5) is 5.69 Å². The standard InChI is InChI=1S/C19H19N5O2/c1-14(25)22-18(15-5-3-2-4-6-15)11-19(26)23-16-7-9-17(10-8-16)24-13-20-12-21-24/h2-10,12-13,18H,11H2,1H3,(H,22,25)(H,23,26). The molecule has 7 nitrogen and oxygen atoms in total. The Balaban J connectivity index is 1.65. The molecule has 0 aliphatic heterocycles. The van der Waals surface area contributed by atoms with Gasteiger partial charge in [0.2, 0.25) is 11.8 Å². The van der Waals surface area contributed by atoms with Gasteiger partial charge in [-0.25, -0.2) is 9.67 Å². The van der Waals surface area contributed by atoms with Crippen molar-refractivity contribution in [2.45, 2.75) is 19.4 Å². The maximum absolute atomic E-state index is 12.4. The van der Waals surface area contributed by atoms with Gasteiger partial charge in [-0.15, -0.1) is 0 Å². The number of benzene rings is 2. The van der Waals surface area contributed by atoms with E-state index >= 15 is 0 Å². The van der Waals surface area contributed by atoms with Gasteiger partial charge in [0.15, 0.2) is 0 Å². The Kier molecular flexibility index (Phi) is 5.38. The molecule has 0 radical (unpaired) electrons. The molecule has 0 bridgehead atoms. The molecule has 26 heavy (non-hydrogen) atoms. The van der Waals surface area contributed by atoms with E-state index in [9.17, 15) is 9.59 Å². The summed E-state index contributed by atoms with van der Waals surface area (Å²) < 4.78 is 1.63. The van der Waals surface area contributed by atoms with Crippen molar-refractivity contribution in [1.82, 2.24) is 20.1 Å². The highest BCUT2D eigenvalue weighted by atomic mass is 16.2. The summed E-state index contributed by atoms with van der Waals surface area (Å²) in [4.78, 5) is 27.8. The summed E-state index contributed by atoms with van der Waals surface area (Å²) in [5.41, 5.74) is 2.41. The fourth-order valence-electron chi connectivity index (χ4n) is 2.62. The van der Waals surface area contributed by atoms with E-state index in [1.54, 1.807) is 23.1 Å². The van der Waals surface area contributed by atoms with Crippen LogP contribution >= 0.6 is 0 Å². The van der Waals surface area contributed by atoms with Gasteiger partial charge in [-0.05, 0) is 29.8 Å². The normalized spacial score (nSPS) is 11.6. The zero-order valence-corrected chi connectivity index (χ0v) is 14.3. The predicted molar refractivity (Wildman–Crippen MR) is 97.6 cm³/mol. The summed E-state index contributed by atoms with van der Waals surface area (Å²) in [6, 6.07) is 16.3. The van der Waals surface area contributed by atoms with Gasteiger partial charge < -0.3 is 10.6 Å². The van der Waals surface area contributed by atoms with E-state index in [0.717, 1.165) is 11.3 Å². The highest BCUT2D eigenvalue weighted by Crippen LogP contribution is 2.18. The maximum Gasteiger partial charge on any atom is 0.226 e. The molecule has 2 amide bonds. The molecule has 0 fully saturated rings. The van der Waals surface area contributed by atoms with Crippen LogP contribution in [0.2, 0.25) is 0 Å². The van der Waals surface area contributed by atoms with E-state index in [1.807, 2.05) is 42.5 Å². The molecule has 3 rings (SSSR count). The molecule has 2 aromatic carbocycles. The summed E-state index contributed by atoms with van der Waals surface area (Å²) in [6.07, 6.45) is 3.21. The molecule has 1 aromatic heterocycles. The first-order valence-electron chi connectivity index (χ1n) is 8.19. The highest BCUT2D eigenvalue weighted by Gasteiger charge is 2.17. The van der Waals surface area contributed by atoms with Gasteiger partial charge in [0.1, 0.15) is 12.7 Å². The average molecular weight is 349 g/mol. The first-order chi connectivity index (χ1) is 12.6. The van der Waals surface area contributed by atoms with Gasteiger partial charge in [-0.3, -0.25) is 9.59 Å². The second-order valence-corrected chi connectivity index (χ2v) is 5.80. The Labute approximate surface area is 151 Å². The predicted octanol–water partition coefficient (Wildman–Crippen LogP) is 2.47.